The SMILES string of the molecule is CONCCS(=O)O. The molecule has 50 valence electrons. The van der Waals surface area contributed by atoms with Gasteiger partial charge < -0.3 is 9.39 Å². The minimum Gasteiger partial charge on any atom is -0.306 e. The van der Waals surface area contributed by atoms with Gasteiger partial charge in [0.25, 0.3) is 0 Å². The maximum absolute atomic E-state index is 9.89. The second-order valence-corrected chi connectivity index (χ2v) is 2.18. The molecule has 2 N–H and O–H groups in total. The third kappa shape index (κ3) is 6.03. The molecule has 5 heteroatoms. The van der Waals surface area contributed by atoms with Crippen LogP contribution in [-0.4, -0.2) is 28.2 Å². The molecule has 0 aliphatic carbocycles. The number of rotatable bonds is 4. The Bertz CT molecular complexity index is 76.9. The van der Waals surface area contributed by atoms with E-state index in [1.165, 1.54) is 7.11 Å². The van der Waals surface area contributed by atoms with Crippen molar-refractivity contribution < 1.29 is 13.6 Å². The highest BCUT2D eigenvalue weighted by molar-refractivity contribution is 7.79. The third-order valence-electron chi connectivity index (χ3n) is 0.523. The van der Waals surface area contributed by atoms with Gasteiger partial charge in [0.2, 0.25) is 0 Å². The molecule has 0 heterocycles. The maximum atomic E-state index is 9.89. The summed E-state index contributed by atoms with van der Waals surface area (Å²) in [6, 6.07) is 0. The van der Waals surface area contributed by atoms with E-state index in [0.29, 0.717) is 6.54 Å². The quantitative estimate of drug-likeness (QED) is 0.309. The van der Waals surface area contributed by atoms with Gasteiger partial charge in [0.1, 0.15) is 0 Å². The van der Waals surface area contributed by atoms with Gasteiger partial charge in [-0.15, -0.1) is 0 Å². The molecular weight excluding hydrogens is 130 g/mol. The minimum atomic E-state index is -1.71. The third-order valence-corrected chi connectivity index (χ3v) is 1.08. The van der Waals surface area contributed by atoms with Crippen molar-refractivity contribution in [1.82, 2.24) is 5.48 Å². The van der Waals surface area contributed by atoms with Crippen LogP contribution in [0.25, 0.3) is 0 Å². The summed E-state index contributed by atoms with van der Waals surface area (Å²) in [7, 11) is 1.46. The summed E-state index contributed by atoms with van der Waals surface area (Å²) in [5.41, 5.74) is 2.43. The Kier molecular flexibility index (Phi) is 5.19. The van der Waals surface area contributed by atoms with Gasteiger partial charge in [0.15, 0.2) is 11.1 Å². The van der Waals surface area contributed by atoms with Crippen molar-refractivity contribution in [2.45, 2.75) is 0 Å². The molecule has 8 heavy (non-hydrogen) atoms. The average Bonchev–Trinajstić information content (AvgIpc) is 1.66. The molecule has 1 atom stereocenters. The zero-order valence-electron chi connectivity index (χ0n) is 4.59. The standard InChI is InChI=1S/C3H9NO3S/c1-7-4-2-3-8(5)6/h4H,2-3H2,1H3,(H,5,6). The van der Waals surface area contributed by atoms with E-state index in [1.807, 2.05) is 0 Å². The average molecular weight is 139 g/mol. The van der Waals surface area contributed by atoms with Crippen LogP contribution in [0.5, 0.6) is 0 Å². The molecule has 0 aromatic heterocycles. The Morgan fingerprint density at radius 2 is 2.50 bits per heavy atom. The Morgan fingerprint density at radius 3 is 2.88 bits per heavy atom. The molecule has 0 radical (unpaired) electrons. The number of hydroxylamine groups is 1. The lowest BCUT2D eigenvalue weighted by Gasteiger charge is -1.95. The molecule has 0 bridgehead atoms. The zero-order chi connectivity index (χ0) is 6.41. The van der Waals surface area contributed by atoms with Gasteiger partial charge in [-0.3, -0.25) is 0 Å². The molecule has 0 rings (SSSR count). The Labute approximate surface area is 50.5 Å². The summed E-state index contributed by atoms with van der Waals surface area (Å²) in [6.07, 6.45) is 0. The topological polar surface area (TPSA) is 58.6 Å². The number of nitrogens with one attached hydrogen (secondary N) is 1. The highest BCUT2D eigenvalue weighted by Crippen LogP contribution is 1.68. The molecule has 0 spiro atoms. The Balaban J connectivity index is 2.82. The molecule has 0 aromatic carbocycles. The normalized spacial score (nSPS) is 13.8. The highest BCUT2D eigenvalue weighted by atomic mass is 32.2. The fourth-order valence-electron chi connectivity index (χ4n) is 0.231. The van der Waals surface area contributed by atoms with E-state index in [0.717, 1.165) is 0 Å². The van der Waals surface area contributed by atoms with Crippen molar-refractivity contribution in [3.8, 4) is 0 Å². The molecular formula is C3H9NO3S. The van der Waals surface area contributed by atoms with Crippen LogP contribution in [0.2, 0.25) is 0 Å². The van der Waals surface area contributed by atoms with E-state index in [1.54, 1.807) is 0 Å². The minimum absolute atomic E-state index is 0.202. The monoisotopic (exact) mass is 139 g/mol. The van der Waals surface area contributed by atoms with Gasteiger partial charge in [-0.1, -0.05) is 0 Å². The molecule has 0 fully saturated rings. The lowest BCUT2D eigenvalue weighted by Crippen LogP contribution is -2.18. The van der Waals surface area contributed by atoms with Crippen LogP contribution >= 0.6 is 0 Å². The molecule has 0 saturated carbocycles. The van der Waals surface area contributed by atoms with Crippen molar-refractivity contribution in [3.63, 3.8) is 0 Å². The van der Waals surface area contributed by atoms with Crippen LogP contribution in [-0.2, 0) is 15.9 Å². The fraction of sp³-hybridized carbons (Fsp3) is 1.00. The van der Waals surface area contributed by atoms with Gasteiger partial charge in [-0.05, 0) is 0 Å². The molecule has 0 aliphatic heterocycles. The molecule has 0 aliphatic rings. The van der Waals surface area contributed by atoms with Crippen molar-refractivity contribution in [2.24, 2.45) is 0 Å². The van der Waals surface area contributed by atoms with Crippen molar-refractivity contribution in [1.29, 1.82) is 0 Å². The second kappa shape index (κ2) is 5.17. The molecule has 0 aromatic rings. The van der Waals surface area contributed by atoms with E-state index in [-0.39, 0.29) is 5.75 Å². The first kappa shape index (κ1) is 8.03. The van der Waals surface area contributed by atoms with Crippen LogP contribution in [0.4, 0.5) is 0 Å². The zero-order valence-corrected chi connectivity index (χ0v) is 5.40. The van der Waals surface area contributed by atoms with E-state index in [2.05, 4.69) is 10.3 Å². The van der Waals surface area contributed by atoms with Crippen molar-refractivity contribution in [2.75, 3.05) is 19.4 Å². The summed E-state index contributed by atoms with van der Waals surface area (Å²) in [4.78, 5) is 4.40. The van der Waals surface area contributed by atoms with Gasteiger partial charge in [-0.2, -0.15) is 0 Å². The summed E-state index contributed by atoms with van der Waals surface area (Å²) in [5.74, 6) is 0.202. The predicted molar refractivity (Wildman–Crippen MR) is 30.6 cm³/mol. The van der Waals surface area contributed by atoms with E-state index in [4.69, 9.17) is 4.55 Å². The first-order valence-electron chi connectivity index (χ1n) is 2.10. The van der Waals surface area contributed by atoms with Crippen molar-refractivity contribution >= 4 is 11.1 Å². The summed E-state index contributed by atoms with van der Waals surface area (Å²) in [6.45, 7) is 0.402. The predicted octanol–water partition coefficient (Wildman–Crippen LogP) is -0.641. The summed E-state index contributed by atoms with van der Waals surface area (Å²) in [5, 5.41) is 0. The number of hydrogen-bond donors (Lipinski definition) is 2. The highest BCUT2D eigenvalue weighted by Gasteiger charge is 1.89. The smallest absolute Gasteiger partial charge is 0.154 e. The first-order valence-corrected chi connectivity index (χ1v) is 3.38. The lowest BCUT2D eigenvalue weighted by atomic mass is 10.8. The molecule has 4 nitrogen and oxygen atoms in total. The largest absolute Gasteiger partial charge is 0.306 e. The first-order chi connectivity index (χ1) is 3.77. The van der Waals surface area contributed by atoms with Crippen LogP contribution < -0.4 is 5.48 Å². The van der Waals surface area contributed by atoms with Gasteiger partial charge in [0.05, 0.1) is 12.9 Å². The number of hydrogen-bond acceptors (Lipinski definition) is 3. The second-order valence-electron chi connectivity index (χ2n) is 1.12. The maximum Gasteiger partial charge on any atom is 0.154 e. The van der Waals surface area contributed by atoms with Crippen LogP contribution in [0.1, 0.15) is 0 Å². The van der Waals surface area contributed by atoms with Crippen LogP contribution in [0.15, 0.2) is 0 Å². The van der Waals surface area contributed by atoms with E-state index in [9.17, 15) is 4.21 Å². The molecule has 0 saturated heterocycles. The molecule has 1 unspecified atom stereocenters. The lowest BCUT2D eigenvalue weighted by molar-refractivity contribution is 0.0966. The van der Waals surface area contributed by atoms with E-state index < -0.39 is 11.1 Å². The Morgan fingerprint density at radius 1 is 1.88 bits per heavy atom. The van der Waals surface area contributed by atoms with Gasteiger partial charge in [-0.25, -0.2) is 9.69 Å². The van der Waals surface area contributed by atoms with Gasteiger partial charge in [0, 0.05) is 6.54 Å². The van der Waals surface area contributed by atoms with Crippen LogP contribution in [0.3, 0.4) is 0 Å². The van der Waals surface area contributed by atoms with Crippen LogP contribution in [0, 0.1) is 0 Å². The van der Waals surface area contributed by atoms with E-state index >= 15 is 0 Å². The summed E-state index contributed by atoms with van der Waals surface area (Å²) >= 11 is -1.71. The summed E-state index contributed by atoms with van der Waals surface area (Å²) < 4.78 is 18.0. The van der Waals surface area contributed by atoms with Crippen molar-refractivity contribution in [3.05, 3.63) is 0 Å². The molecule has 0 amide bonds. The fourth-order valence-corrected chi connectivity index (χ4v) is 0.489. The van der Waals surface area contributed by atoms with Gasteiger partial charge >= 0.3 is 0 Å². The Hall–Kier alpha value is 0.0300.